The molecule has 72 valence electrons. The Morgan fingerprint density at radius 1 is 1.43 bits per heavy atom. The molecule has 0 saturated heterocycles. The van der Waals surface area contributed by atoms with Crippen molar-refractivity contribution in [3.63, 3.8) is 0 Å². The van der Waals surface area contributed by atoms with E-state index in [1.54, 1.807) is 13.4 Å². The van der Waals surface area contributed by atoms with Crippen LogP contribution in [0.1, 0.15) is 5.56 Å². The van der Waals surface area contributed by atoms with Crippen molar-refractivity contribution >= 4 is 17.3 Å². The van der Waals surface area contributed by atoms with Gasteiger partial charge in [0.15, 0.2) is 11.3 Å². The molecule has 0 aliphatic rings. The van der Waals surface area contributed by atoms with E-state index in [0.29, 0.717) is 17.8 Å². The van der Waals surface area contributed by atoms with Crippen molar-refractivity contribution in [2.75, 3.05) is 7.11 Å². The number of benzene rings is 1. The lowest BCUT2D eigenvalue weighted by molar-refractivity contribution is -0.107. The molecular weight excluding hydrogens is 180 g/mol. The first-order chi connectivity index (χ1) is 6.86. The molecule has 3 heteroatoms. The third-order valence-electron chi connectivity index (χ3n) is 2.17. The van der Waals surface area contributed by atoms with Gasteiger partial charge < -0.3 is 13.9 Å². The maximum absolute atomic E-state index is 10.4. The molecule has 3 nitrogen and oxygen atoms in total. The quantitative estimate of drug-likeness (QED) is 0.696. The van der Waals surface area contributed by atoms with Gasteiger partial charge in [0.1, 0.15) is 6.29 Å². The van der Waals surface area contributed by atoms with Crippen molar-refractivity contribution in [1.29, 1.82) is 0 Å². The van der Waals surface area contributed by atoms with E-state index in [4.69, 9.17) is 9.15 Å². The second kappa shape index (κ2) is 3.54. The van der Waals surface area contributed by atoms with Gasteiger partial charge in [-0.15, -0.1) is 0 Å². The molecule has 0 N–H and O–H groups in total. The summed E-state index contributed by atoms with van der Waals surface area (Å²) >= 11 is 0. The zero-order valence-electron chi connectivity index (χ0n) is 7.82. The van der Waals surface area contributed by atoms with Crippen LogP contribution < -0.4 is 4.74 Å². The van der Waals surface area contributed by atoms with E-state index >= 15 is 0 Å². The summed E-state index contributed by atoms with van der Waals surface area (Å²) in [5.74, 6) is 0.652. The third kappa shape index (κ3) is 1.27. The topological polar surface area (TPSA) is 39.4 Å². The number of furan rings is 1. The lowest BCUT2D eigenvalue weighted by Gasteiger charge is -2.05. The molecule has 1 aromatic heterocycles. The van der Waals surface area contributed by atoms with Gasteiger partial charge in [0.2, 0.25) is 0 Å². The highest BCUT2D eigenvalue weighted by Gasteiger charge is 2.09. The number of carbonyl (C=O) groups is 1. The van der Waals surface area contributed by atoms with E-state index in [0.717, 1.165) is 17.2 Å². The fourth-order valence-corrected chi connectivity index (χ4v) is 1.52. The van der Waals surface area contributed by atoms with Crippen molar-refractivity contribution in [2.45, 2.75) is 6.42 Å². The zero-order chi connectivity index (χ0) is 9.97. The van der Waals surface area contributed by atoms with Crippen molar-refractivity contribution in [1.82, 2.24) is 0 Å². The number of carbonyl (C=O) groups excluding carboxylic acids is 1. The number of ether oxygens (including phenoxy) is 1. The second-order valence-corrected chi connectivity index (χ2v) is 2.97. The van der Waals surface area contributed by atoms with Crippen LogP contribution in [0.5, 0.6) is 5.75 Å². The van der Waals surface area contributed by atoms with Gasteiger partial charge in [-0.1, -0.05) is 12.1 Å². The van der Waals surface area contributed by atoms with E-state index in [-0.39, 0.29) is 0 Å². The highest BCUT2D eigenvalue weighted by atomic mass is 16.5. The molecular formula is C11H10O3. The van der Waals surface area contributed by atoms with E-state index in [2.05, 4.69) is 0 Å². The van der Waals surface area contributed by atoms with Gasteiger partial charge >= 0.3 is 0 Å². The standard InChI is InChI=1S/C11H10O3/c1-13-10-8(4-6-12)2-3-9-5-7-14-11(9)10/h2-3,5-7H,4H2,1H3. The average Bonchev–Trinajstić information content (AvgIpc) is 2.66. The van der Waals surface area contributed by atoms with E-state index in [9.17, 15) is 4.79 Å². The molecule has 0 unspecified atom stereocenters. The van der Waals surface area contributed by atoms with Crippen LogP contribution in [0.3, 0.4) is 0 Å². The molecule has 14 heavy (non-hydrogen) atoms. The Labute approximate surface area is 81.3 Å². The first-order valence-corrected chi connectivity index (χ1v) is 4.33. The smallest absolute Gasteiger partial charge is 0.175 e. The van der Waals surface area contributed by atoms with E-state index in [1.165, 1.54) is 0 Å². The molecule has 0 fully saturated rings. The van der Waals surface area contributed by atoms with Gasteiger partial charge in [-0.05, 0) is 6.07 Å². The molecule has 1 heterocycles. The van der Waals surface area contributed by atoms with Crippen LogP contribution >= 0.6 is 0 Å². The molecule has 0 saturated carbocycles. The van der Waals surface area contributed by atoms with E-state index in [1.807, 2.05) is 18.2 Å². The SMILES string of the molecule is COc1c(CC=O)ccc2ccoc12. The molecule has 1 aromatic carbocycles. The Morgan fingerprint density at radius 3 is 3.00 bits per heavy atom. The van der Waals surface area contributed by atoms with Crippen LogP contribution in [-0.4, -0.2) is 13.4 Å². The van der Waals surface area contributed by atoms with Crippen LogP contribution in [0.15, 0.2) is 28.9 Å². The molecule has 0 aliphatic carbocycles. The van der Waals surface area contributed by atoms with Gasteiger partial charge in [-0.2, -0.15) is 0 Å². The third-order valence-corrected chi connectivity index (χ3v) is 2.17. The average molecular weight is 190 g/mol. The molecule has 0 bridgehead atoms. The molecule has 2 aromatic rings. The Balaban J connectivity index is 2.65. The maximum Gasteiger partial charge on any atom is 0.175 e. The van der Waals surface area contributed by atoms with Crippen molar-refractivity contribution in [3.8, 4) is 5.75 Å². The lowest BCUT2D eigenvalue weighted by atomic mass is 10.1. The largest absolute Gasteiger partial charge is 0.493 e. The highest BCUT2D eigenvalue weighted by molar-refractivity contribution is 5.85. The number of hydrogen-bond donors (Lipinski definition) is 0. The first kappa shape index (κ1) is 8.81. The number of rotatable bonds is 3. The maximum atomic E-state index is 10.4. The molecule has 0 radical (unpaired) electrons. The summed E-state index contributed by atoms with van der Waals surface area (Å²) in [4.78, 5) is 10.4. The summed E-state index contributed by atoms with van der Waals surface area (Å²) in [6, 6.07) is 5.66. The number of hydrogen-bond acceptors (Lipinski definition) is 3. The number of fused-ring (bicyclic) bond motifs is 1. The predicted molar refractivity (Wildman–Crippen MR) is 52.5 cm³/mol. The first-order valence-electron chi connectivity index (χ1n) is 4.33. The van der Waals surface area contributed by atoms with Crippen LogP contribution in [0.2, 0.25) is 0 Å². The van der Waals surface area contributed by atoms with Crippen molar-refractivity contribution in [2.24, 2.45) is 0 Å². The van der Waals surface area contributed by atoms with Gasteiger partial charge in [0.05, 0.1) is 13.4 Å². The Morgan fingerprint density at radius 2 is 2.29 bits per heavy atom. The predicted octanol–water partition coefficient (Wildman–Crippen LogP) is 2.18. The van der Waals surface area contributed by atoms with Gasteiger partial charge in [0, 0.05) is 17.4 Å². The van der Waals surface area contributed by atoms with Gasteiger partial charge in [-0.3, -0.25) is 0 Å². The Hall–Kier alpha value is -1.77. The number of aldehydes is 1. The van der Waals surface area contributed by atoms with Crippen LogP contribution in [0.4, 0.5) is 0 Å². The van der Waals surface area contributed by atoms with Crippen LogP contribution in [0, 0.1) is 0 Å². The second-order valence-electron chi connectivity index (χ2n) is 2.97. The zero-order valence-corrected chi connectivity index (χ0v) is 7.82. The highest BCUT2D eigenvalue weighted by Crippen LogP contribution is 2.30. The summed E-state index contributed by atoms with van der Waals surface area (Å²) in [5, 5.41) is 0.983. The van der Waals surface area contributed by atoms with Crippen LogP contribution in [-0.2, 0) is 11.2 Å². The van der Waals surface area contributed by atoms with Crippen LogP contribution in [0.25, 0.3) is 11.0 Å². The van der Waals surface area contributed by atoms with Crippen molar-refractivity contribution in [3.05, 3.63) is 30.0 Å². The van der Waals surface area contributed by atoms with Crippen molar-refractivity contribution < 1.29 is 13.9 Å². The molecule has 0 spiro atoms. The Kier molecular flexibility index (Phi) is 2.23. The molecule has 2 rings (SSSR count). The minimum absolute atomic E-state index is 0.347. The summed E-state index contributed by atoms with van der Waals surface area (Å²) < 4.78 is 10.5. The minimum Gasteiger partial charge on any atom is -0.493 e. The molecule has 0 amide bonds. The fraction of sp³-hybridized carbons (Fsp3) is 0.182. The molecule has 0 atom stereocenters. The normalized spacial score (nSPS) is 10.4. The number of methoxy groups -OCH3 is 1. The molecule has 0 aliphatic heterocycles. The van der Waals surface area contributed by atoms with Gasteiger partial charge in [0.25, 0.3) is 0 Å². The fourth-order valence-electron chi connectivity index (χ4n) is 1.52. The summed E-state index contributed by atoms with van der Waals surface area (Å²) in [7, 11) is 1.57. The minimum atomic E-state index is 0.347. The summed E-state index contributed by atoms with van der Waals surface area (Å²) in [6.45, 7) is 0. The summed E-state index contributed by atoms with van der Waals surface area (Å²) in [6.07, 6.45) is 2.81. The Bertz CT molecular complexity index is 457. The monoisotopic (exact) mass is 190 g/mol. The lowest BCUT2D eigenvalue weighted by Crippen LogP contribution is -1.93. The summed E-state index contributed by atoms with van der Waals surface area (Å²) in [5.41, 5.74) is 1.55. The van der Waals surface area contributed by atoms with Gasteiger partial charge in [-0.25, -0.2) is 0 Å². The van der Waals surface area contributed by atoms with E-state index < -0.39 is 0 Å².